The van der Waals surface area contributed by atoms with Crippen molar-refractivity contribution in [3.63, 3.8) is 0 Å². The third-order valence-corrected chi connectivity index (χ3v) is 4.67. The van der Waals surface area contributed by atoms with E-state index < -0.39 is 21.7 Å². The molecule has 5 nitrogen and oxygen atoms in total. The predicted molar refractivity (Wildman–Crippen MR) is 97.5 cm³/mol. The summed E-state index contributed by atoms with van der Waals surface area (Å²) in [5.41, 5.74) is 6.08. The summed E-state index contributed by atoms with van der Waals surface area (Å²) < 4.78 is 39.2. The van der Waals surface area contributed by atoms with E-state index >= 15 is 0 Å². The summed E-state index contributed by atoms with van der Waals surface area (Å²) in [6.07, 6.45) is 1.39. The van der Waals surface area contributed by atoms with Crippen molar-refractivity contribution in [3.8, 4) is 0 Å². The Bertz CT molecular complexity index is 867. The maximum atomic E-state index is 12.9. The van der Waals surface area contributed by atoms with Gasteiger partial charge in [0, 0.05) is 17.1 Å². The molecule has 25 heavy (non-hydrogen) atoms. The van der Waals surface area contributed by atoms with Gasteiger partial charge in [0.25, 0.3) is 15.9 Å². The van der Waals surface area contributed by atoms with Gasteiger partial charge in [0.2, 0.25) is 0 Å². The minimum Gasteiger partial charge on any atom is -0.326 e. The molecule has 3 N–H and O–H groups in total. The van der Waals surface area contributed by atoms with Crippen LogP contribution >= 0.6 is 24.0 Å². The number of hydrogen-bond acceptors (Lipinski definition) is 4. The van der Waals surface area contributed by atoms with Crippen LogP contribution in [0.15, 0.2) is 59.0 Å². The third kappa shape index (κ3) is 5.82. The maximum absolute atomic E-state index is 12.9. The largest absolute Gasteiger partial charge is 0.326 e. The van der Waals surface area contributed by atoms with Gasteiger partial charge in [-0.2, -0.15) is 0 Å². The number of sulfonamides is 1. The molecule has 0 heterocycles. The maximum Gasteiger partial charge on any atom is 0.264 e. The van der Waals surface area contributed by atoms with E-state index in [2.05, 4.69) is 0 Å². The lowest BCUT2D eigenvalue weighted by molar-refractivity contribution is -0.115. The molecule has 2 rings (SSSR count). The first-order valence-corrected chi connectivity index (χ1v) is 8.67. The standard InChI is InChI=1S/C16H14ClFN2O3S.ClH/c17-13-3-7-15(8-4-13)24(22,23)20-16(21)12(10-19)9-11-1-5-14(18)6-2-11;/h1-9H,10,19H2,(H,20,21);1H. The van der Waals surface area contributed by atoms with Gasteiger partial charge >= 0.3 is 0 Å². The number of halogens is 3. The molecule has 0 aliphatic heterocycles. The van der Waals surface area contributed by atoms with E-state index in [4.69, 9.17) is 17.3 Å². The molecular formula is C16H15Cl2FN2O3S. The fraction of sp³-hybridized carbons (Fsp3) is 0.0625. The van der Waals surface area contributed by atoms with Gasteiger partial charge in [0.15, 0.2) is 0 Å². The molecule has 0 aromatic heterocycles. The lowest BCUT2D eigenvalue weighted by Crippen LogP contribution is -2.33. The van der Waals surface area contributed by atoms with Crippen molar-refractivity contribution in [2.45, 2.75) is 4.90 Å². The highest BCUT2D eigenvalue weighted by Crippen LogP contribution is 2.15. The molecule has 0 aliphatic rings. The van der Waals surface area contributed by atoms with Crippen LogP contribution < -0.4 is 10.5 Å². The summed E-state index contributed by atoms with van der Waals surface area (Å²) in [7, 11) is -4.04. The average Bonchev–Trinajstić information content (AvgIpc) is 2.54. The highest BCUT2D eigenvalue weighted by Gasteiger charge is 2.19. The van der Waals surface area contributed by atoms with Crippen molar-refractivity contribution >= 4 is 46.0 Å². The topological polar surface area (TPSA) is 89.3 Å². The van der Waals surface area contributed by atoms with Gasteiger partial charge in [-0.3, -0.25) is 4.79 Å². The van der Waals surface area contributed by atoms with E-state index in [-0.39, 0.29) is 29.4 Å². The summed E-state index contributed by atoms with van der Waals surface area (Å²) in [5.74, 6) is -1.27. The Balaban J connectivity index is 0.00000312. The number of hydrogen-bond donors (Lipinski definition) is 2. The smallest absolute Gasteiger partial charge is 0.264 e. The fourth-order valence-corrected chi connectivity index (χ4v) is 2.95. The molecule has 0 fully saturated rings. The normalized spacial score (nSPS) is 11.6. The van der Waals surface area contributed by atoms with Crippen molar-refractivity contribution in [1.82, 2.24) is 4.72 Å². The second-order valence-corrected chi connectivity index (χ2v) is 6.93. The zero-order valence-electron chi connectivity index (χ0n) is 12.8. The van der Waals surface area contributed by atoms with Crippen LogP contribution in [-0.2, 0) is 14.8 Å². The molecule has 0 saturated heterocycles. The molecule has 9 heteroatoms. The molecule has 0 unspecified atom stereocenters. The predicted octanol–water partition coefficient (Wildman–Crippen LogP) is 2.75. The number of amides is 1. The Morgan fingerprint density at radius 2 is 1.68 bits per heavy atom. The summed E-state index contributed by atoms with van der Waals surface area (Å²) >= 11 is 5.71. The van der Waals surface area contributed by atoms with Gasteiger partial charge in [-0.25, -0.2) is 17.5 Å². The van der Waals surface area contributed by atoms with Crippen LogP contribution in [-0.4, -0.2) is 20.9 Å². The molecule has 0 spiro atoms. The minimum atomic E-state index is -4.04. The minimum absolute atomic E-state index is 0. The number of benzene rings is 2. The quantitative estimate of drug-likeness (QED) is 0.749. The van der Waals surface area contributed by atoms with Crippen molar-refractivity contribution in [2.24, 2.45) is 5.73 Å². The molecule has 0 bridgehead atoms. The van der Waals surface area contributed by atoms with E-state index in [1.807, 2.05) is 4.72 Å². The number of nitrogens with one attached hydrogen (secondary N) is 1. The first-order chi connectivity index (χ1) is 11.3. The summed E-state index contributed by atoms with van der Waals surface area (Å²) in [4.78, 5) is 12.1. The first-order valence-electron chi connectivity index (χ1n) is 6.81. The zero-order valence-corrected chi connectivity index (χ0v) is 15.2. The van der Waals surface area contributed by atoms with Crippen LogP contribution in [0.3, 0.4) is 0 Å². The van der Waals surface area contributed by atoms with Crippen LogP contribution in [0.1, 0.15) is 5.56 Å². The molecule has 134 valence electrons. The van der Waals surface area contributed by atoms with E-state index in [0.717, 1.165) is 0 Å². The van der Waals surface area contributed by atoms with Gasteiger partial charge in [-0.05, 0) is 48.0 Å². The summed E-state index contributed by atoms with van der Waals surface area (Å²) in [6, 6.07) is 10.7. The Morgan fingerprint density at radius 3 is 2.20 bits per heavy atom. The van der Waals surface area contributed by atoms with Crippen LogP contribution in [0.5, 0.6) is 0 Å². The van der Waals surface area contributed by atoms with Gasteiger partial charge in [-0.15, -0.1) is 12.4 Å². The Morgan fingerprint density at radius 1 is 1.12 bits per heavy atom. The third-order valence-electron chi connectivity index (χ3n) is 3.07. The second-order valence-electron chi connectivity index (χ2n) is 4.81. The lowest BCUT2D eigenvalue weighted by Gasteiger charge is -2.09. The van der Waals surface area contributed by atoms with Crippen molar-refractivity contribution in [1.29, 1.82) is 0 Å². The highest BCUT2D eigenvalue weighted by molar-refractivity contribution is 7.90. The van der Waals surface area contributed by atoms with Crippen molar-refractivity contribution < 1.29 is 17.6 Å². The van der Waals surface area contributed by atoms with Gasteiger partial charge in [0.05, 0.1) is 4.90 Å². The number of rotatable bonds is 5. The highest BCUT2D eigenvalue weighted by atomic mass is 35.5. The van der Waals surface area contributed by atoms with E-state index in [0.29, 0.717) is 10.6 Å². The average molecular weight is 405 g/mol. The van der Waals surface area contributed by atoms with E-state index in [9.17, 15) is 17.6 Å². The molecule has 0 aliphatic carbocycles. The fourth-order valence-electron chi connectivity index (χ4n) is 1.84. The molecule has 2 aromatic carbocycles. The molecule has 0 saturated carbocycles. The molecule has 0 radical (unpaired) electrons. The first kappa shape index (κ1) is 21.1. The van der Waals surface area contributed by atoms with Crippen molar-refractivity contribution in [3.05, 3.63) is 70.5 Å². The number of carbonyl (C=O) groups excluding carboxylic acids is 1. The van der Waals surface area contributed by atoms with E-state index in [1.165, 1.54) is 54.6 Å². The monoisotopic (exact) mass is 404 g/mol. The van der Waals surface area contributed by atoms with Crippen LogP contribution in [0.2, 0.25) is 5.02 Å². The Kier molecular flexibility index (Phi) is 7.57. The molecule has 0 atom stereocenters. The van der Waals surface area contributed by atoms with Crippen LogP contribution in [0, 0.1) is 5.82 Å². The van der Waals surface area contributed by atoms with E-state index in [1.54, 1.807) is 0 Å². The summed E-state index contributed by atoms with van der Waals surface area (Å²) in [6.45, 7) is -0.181. The SMILES string of the molecule is Cl.NCC(=Cc1ccc(F)cc1)C(=O)NS(=O)(=O)c1ccc(Cl)cc1. The van der Waals surface area contributed by atoms with Gasteiger partial charge < -0.3 is 5.73 Å². The Labute approximate surface area is 156 Å². The molecular weight excluding hydrogens is 390 g/mol. The molecule has 1 amide bonds. The van der Waals surface area contributed by atoms with Crippen LogP contribution in [0.4, 0.5) is 4.39 Å². The summed E-state index contributed by atoms with van der Waals surface area (Å²) in [5, 5.41) is 0.374. The van der Waals surface area contributed by atoms with Crippen LogP contribution in [0.25, 0.3) is 6.08 Å². The Hall–Kier alpha value is -1.93. The second kappa shape index (κ2) is 8.96. The van der Waals surface area contributed by atoms with Gasteiger partial charge in [-0.1, -0.05) is 23.7 Å². The number of carbonyl (C=O) groups is 1. The zero-order chi connectivity index (χ0) is 17.7. The number of nitrogens with two attached hydrogens (primary N) is 1. The lowest BCUT2D eigenvalue weighted by atomic mass is 10.1. The van der Waals surface area contributed by atoms with Gasteiger partial charge in [0.1, 0.15) is 5.82 Å². The molecule has 2 aromatic rings. The van der Waals surface area contributed by atoms with Crippen molar-refractivity contribution in [2.75, 3.05) is 6.54 Å².